The number of hydrogen-bond acceptors (Lipinski definition) is 3. The van der Waals surface area contributed by atoms with Crippen molar-refractivity contribution in [2.75, 3.05) is 18.5 Å². The number of hydrogen-bond donors (Lipinski definition) is 2. The van der Waals surface area contributed by atoms with Gasteiger partial charge in [-0.25, -0.2) is 4.79 Å². The highest BCUT2D eigenvalue weighted by atomic mass is 35.5. The molecule has 0 aliphatic heterocycles. The molecule has 0 unspecified atom stereocenters. The Balaban J connectivity index is 2.20. The summed E-state index contributed by atoms with van der Waals surface area (Å²) in [6.07, 6.45) is 0.840. The monoisotopic (exact) mass is 284 g/mol. The highest BCUT2D eigenvalue weighted by Crippen LogP contribution is 2.14. The van der Waals surface area contributed by atoms with Crippen LogP contribution in [-0.2, 0) is 9.53 Å². The number of amides is 2. The van der Waals surface area contributed by atoms with Gasteiger partial charge in [0.2, 0.25) is 0 Å². The van der Waals surface area contributed by atoms with Crippen molar-refractivity contribution in [2.45, 2.75) is 19.8 Å². The number of nitrogens with one attached hydrogen (secondary N) is 2. The van der Waals surface area contributed by atoms with Crippen molar-refractivity contribution in [1.82, 2.24) is 5.32 Å². The second kappa shape index (κ2) is 8.37. The fourth-order valence-electron chi connectivity index (χ4n) is 1.41. The van der Waals surface area contributed by atoms with Crippen LogP contribution in [0.5, 0.6) is 0 Å². The molecule has 19 heavy (non-hydrogen) atoms. The molecule has 0 aromatic heterocycles. The van der Waals surface area contributed by atoms with Crippen molar-refractivity contribution < 1.29 is 14.3 Å². The lowest BCUT2D eigenvalue weighted by Gasteiger charge is -2.07. The van der Waals surface area contributed by atoms with Gasteiger partial charge in [0.25, 0.3) is 0 Å². The summed E-state index contributed by atoms with van der Waals surface area (Å²) in [4.78, 5) is 22.6. The van der Waals surface area contributed by atoms with Crippen molar-refractivity contribution in [3.8, 4) is 0 Å². The third kappa shape index (κ3) is 6.67. The van der Waals surface area contributed by atoms with Crippen molar-refractivity contribution >= 4 is 29.3 Å². The molecule has 0 saturated carbocycles. The van der Waals surface area contributed by atoms with E-state index < -0.39 is 0 Å². The summed E-state index contributed by atoms with van der Waals surface area (Å²) in [5.41, 5.74) is 0.621. The number of halogens is 1. The number of ether oxygens (including phenoxy) is 1. The topological polar surface area (TPSA) is 67.4 Å². The van der Waals surface area contributed by atoms with Crippen LogP contribution < -0.4 is 10.6 Å². The predicted molar refractivity (Wildman–Crippen MR) is 74.3 cm³/mol. The molecule has 1 aromatic carbocycles. The van der Waals surface area contributed by atoms with Gasteiger partial charge in [-0.3, -0.25) is 4.79 Å². The van der Waals surface area contributed by atoms with Crippen LogP contribution in [-0.4, -0.2) is 25.2 Å². The summed E-state index contributed by atoms with van der Waals surface area (Å²) in [6.45, 7) is 2.54. The highest BCUT2D eigenvalue weighted by Gasteiger charge is 2.04. The van der Waals surface area contributed by atoms with Crippen LogP contribution in [0.15, 0.2) is 24.3 Å². The van der Waals surface area contributed by atoms with Crippen LogP contribution in [0, 0.1) is 0 Å². The molecule has 6 heteroatoms. The average Bonchev–Trinajstić information content (AvgIpc) is 2.35. The Kier molecular flexibility index (Phi) is 6.74. The lowest BCUT2D eigenvalue weighted by atomic mass is 10.3. The Hall–Kier alpha value is -1.75. The molecule has 1 rings (SSSR count). The minimum Gasteiger partial charge on any atom is -0.466 e. The van der Waals surface area contributed by atoms with E-state index in [4.69, 9.17) is 16.3 Å². The minimum atomic E-state index is -0.328. The summed E-state index contributed by atoms with van der Waals surface area (Å²) in [5, 5.41) is 5.85. The minimum absolute atomic E-state index is 0.250. The zero-order chi connectivity index (χ0) is 14.1. The van der Waals surface area contributed by atoms with Gasteiger partial charge in [0.1, 0.15) is 0 Å². The molecular weight excluding hydrogens is 268 g/mol. The number of carbonyl (C=O) groups excluding carboxylic acids is 2. The van der Waals surface area contributed by atoms with Crippen LogP contribution in [0.2, 0.25) is 5.02 Å². The van der Waals surface area contributed by atoms with E-state index in [0.29, 0.717) is 36.7 Å². The van der Waals surface area contributed by atoms with E-state index in [-0.39, 0.29) is 12.0 Å². The molecule has 2 N–H and O–H groups in total. The van der Waals surface area contributed by atoms with E-state index in [0.717, 1.165) is 0 Å². The highest BCUT2D eigenvalue weighted by molar-refractivity contribution is 6.30. The maximum Gasteiger partial charge on any atom is 0.319 e. The van der Waals surface area contributed by atoms with Gasteiger partial charge in [-0.1, -0.05) is 17.7 Å². The maximum atomic E-state index is 11.5. The number of carbonyl (C=O) groups is 2. The lowest BCUT2D eigenvalue weighted by molar-refractivity contribution is -0.143. The molecule has 0 bridgehead atoms. The largest absolute Gasteiger partial charge is 0.466 e. The first-order valence-electron chi connectivity index (χ1n) is 6.08. The van der Waals surface area contributed by atoms with Gasteiger partial charge in [-0.05, 0) is 31.5 Å². The maximum absolute atomic E-state index is 11.5. The summed E-state index contributed by atoms with van der Waals surface area (Å²) in [6, 6.07) is 6.54. The molecule has 0 radical (unpaired) electrons. The van der Waals surface area contributed by atoms with Crippen molar-refractivity contribution in [2.24, 2.45) is 0 Å². The predicted octanol–water partition coefficient (Wildman–Crippen LogP) is 2.80. The first-order valence-corrected chi connectivity index (χ1v) is 6.45. The molecule has 2 amide bonds. The molecule has 0 aliphatic rings. The Labute approximate surface area is 117 Å². The Morgan fingerprint density at radius 1 is 1.37 bits per heavy atom. The van der Waals surface area contributed by atoms with Crippen molar-refractivity contribution in [3.63, 3.8) is 0 Å². The van der Waals surface area contributed by atoms with Gasteiger partial charge in [-0.2, -0.15) is 0 Å². The van der Waals surface area contributed by atoms with E-state index in [1.165, 1.54) is 0 Å². The molecule has 0 heterocycles. The van der Waals surface area contributed by atoms with Gasteiger partial charge < -0.3 is 15.4 Å². The van der Waals surface area contributed by atoms with E-state index in [1.807, 2.05) is 0 Å². The third-order valence-electron chi connectivity index (χ3n) is 2.23. The van der Waals surface area contributed by atoms with E-state index in [1.54, 1.807) is 31.2 Å². The fourth-order valence-corrected chi connectivity index (χ4v) is 1.60. The molecule has 104 valence electrons. The quantitative estimate of drug-likeness (QED) is 0.623. The molecule has 0 atom stereocenters. The number of benzene rings is 1. The van der Waals surface area contributed by atoms with Gasteiger partial charge in [-0.15, -0.1) is 0 Å². The molecule has 0 aliphatic carbocycles. The summed E-state index contributed by atoms with van der Waals surface area (Å²) in [7, 11) is 0. The zero-order valence-corrected chi connectivity index (χ0v) is 11.5. The Morgan fingerprint density at radius 2 is 2.16 bits per heavy atom. The normalized spacial score (nSPS) is 9.79. The van der Waals surface area contributed by atoms with Crippen LogP contribution in [0.25, 0.3) is 0 Å². The third-order valence-corrected chi connectivity index (χ3v) is 2.47. The fraction of sp³-hybridized carbons (Fsp3) is 0.385. The summed E-state index contributed by atoms with van der Waals surface area (Å²) in [5.74, 6) is -0.250. The van der Waals surface area contributed by atoms with Crippen LogP contribution in [0.4, 0.5) is 10.5 Å². The average molecular weight is 285 g/mol. The van der Waals surface area contributed by atoms with Crippen LogP contribution >= 0.6 is 11.6 Å². The first-order chi connectivity index (χ1) is 9.11. The number of urea groups is 1. The number of esters is 1. The van der Waals surface area contributed by atoms with Gasteiger partial charge in [0.15, 0.2) is 0 Å². The molecule has 0 spiro atoms. The van der Waals surface area contributed by atoms with Crippen molar-refractivity contribution in [3.05, 3.63) is 29.3 Å². The number of anilines is 1. The number of rotatable bonds is 6. The second-order valence-electron chi connectivity index (χ2n) is 3.80. The van der Waals surface area contributed by atoms with E-state index in [9.17, 15) is 9.59 Å². The second-order valence-corrected chi connectivity index (χ2v) is 4.24. The molecule has 1 aromatic rings. The SMILES string of the molecule is CCOC(=O)CCCNC(=O)Nc1cccc(Cl)c1. The molecule has 0 saturated heterocycles. The van der Waals surface area contributed by atoms with E-state index in [2.05, 4.69) is 10.6 Å². The standard InChI is InChI=1S/C13H17ClN2O3/c1-2-19-12(17)7-4-8-15-13(18)16-11-6-3-5-10(14)9-11/h3,5-6,9H,2,4,7-8H2,1H3,(H2,15,16,18). The summed E-state index contributed by atoms with van der Waals surface area (Å²) < 4.78 is 4.78. The zero-order valence-electron chi connectivity index (χ0n) is 10.7. The molecular formula is C13H17ClN2O3. The molecule has 0 fully saturated rings. The van der Waals surface area contributed by atoms with Crippen LogP contribution in [0.3, 0.4) is 0 Å². The first kappa shape index (κ1) is 15.3. The van der Waals surface area contributed by atoms with Crippen LogP contribution in [0.1, 0.15) is 19.8 Å². The van der Waals surface area contributed by atoms with Gasteiger partial charge >= 0.3 is 12.0 Å². The van der Waals surface area contributed by atoms with Gasteiger partial charge in [0.05, 0.1) is 6.61 Å². The van der Waals surface area contributed by atoms with E-state index >= 15 is 0 Å². The van der Waals surface area contributed by atoms with Gasteiger partial charge in [0, 0.05) is 23.7 Å². The summed E-state index contributed by atoms with van der Waals surface area (Å²) >= 11 is 5.80. The smallest absolute Gasteiger partial charge is 0.319 e. The molecule has 5 nitrogen and oxygen atoms in total. The lowest BCUT2D eigenvalue weighted by Crippen LogP contribution is -2.29. The van der Waals surface area contributed by atoms with Crippen molar-refractivity contribution in [1.29, 1.82) is 0 Å². The Bertz CT molecular complexity index is 438. The Morgan fingerprint density at radius 3 is 2.84 bits per heavy atom.